The lowest BCUT2D eigenvalue weighted by atomic mass is 10.2. The van der Waals surface area contributed by atoms with E-state index in [4.69, 9.17) is 9.84 Å². The standard InChI is InChI=1S/C13H18BrNO4S/c1-9-6-15(7-10(2)19-9)20(17,18)13-4-3-11(8-16)5-12(13)14/h3-5,9-10,16H,6-8H2,1-2H3/t9-,10+. The number of hydrogen-bond donors (Lipinski definition) is 1. The summed E-state index contributed by atoms with van der Waals surface area (Å²) in [5, 5.41) is 9.08. The lowest BCUT2D eigenvalue weighted by Gasteiger charge is -2.34. The second-order valence-corrected chi connectivity index (χ2v) is 7.76. The van der Waals surface area contributed by atoms with E-state index in [2.05, 4.69) is 15.9 Å². The number of hydrogen-bond acceptors (Lipinski definition) is 4. The Hall–Kier alpha value is -0.470. The SMILES string of the molecule is C[C@@H]1CN(S(=O)(=O)c2ccc(CO)cc2Br)C[C@H](C)O1. The highest BCUT2D eigenvalue weighted by atomic mass is 79.9. The number of benzene rings is 1. The van der Waals surface area contributed by atoms with Crippen LogP contribution in [0.15, 0.2) is 27.6 Å². The molecule has 20 heavy (non-hydrogen) atoms. The van der Waals surface area contributed by atoms with Gasteiger partial charge in [-0.1, -0.05) is 6.07 Å². The first-order chi connectivity index (χ1) is 9.34. The molecule has 0 saturated carbocycles. The van der Waals surface area contributed by atoms with Gasteiger partial charge in [-0.25, -0.2) is 8.42 Å². The molecule has 1 saturated heterocycles. The fraction of sp³-hybridized carbons (Fsp3) is 0.538. The van der Waals surface area contributed by atoms with Gasteiger partial charge in [0.15, 0.2) is 0 Å². The molecule has 2 rings (SSSR count). The van der Waals surface area contributed by atoms with Crippen LogP contribution in [-0.2, 0) is 21.4 Å². The Labute approximate surface area is 127 Å². The number of nitrogens with zero attached hydrogens (tertiary/aromatic N) is 1. The predicted molar refractivity (Wildman–Crippen MR) is 78.8 cm³/mol. The summed E-state index contributed by atoms with van der Waals surface area (Å²) in [4.78, 5) is 0.219. The Morgan fingerprint density at radius 2 is 1.95 bits per heavy atom. The number of halogens is 1. The summed E-state index contributed by atoms with van der Waals surface area (Å²) in [6, 6.07) is 4.76. The molecule has 0 unspecified atom stereocenters. The Morgan fingerprint density at radius 3 is 2.45 bits per heavy atom. The van der Waals surface area contributed by atoms with Crippen molar-refractivity contribution in [3.05, 3.63) is 28.2 Å². The van der Waals surface area contributed by atoms with Crippen molar-refractivity contribution in [1.82, 2.24) is 4.31 Å². The van der Waals surface area contributed by atoms with E-state index in [0.717, 1.165) is 0 Å². The minimum Gasteiger partial charge on any atom is -0.392 e. The van der Waals surface area contributed by atoms with E-state index < -0.39 is 10.0 Å². The van der Waals surface area contributed by atoms with Crippen LogP contribution < -0.4 is 0 Å². The zero-order chi connectivity index (χ0) is 14.9. The Morgan fingerprint density at radius 1 is 1.35 bits per heavy atom. The van der Waals surface area contributed by atoms with Gasteiger partial charge in [0.25, 0.3) is 0 Å². The highest BCUT2D eigenvalue weighted by molar-refractivity contribution is 9.10. The van der Waals surface area contributed by atoms with Crippen LogP contribution >= 0.6 is 15.9 Å². The summed E-state index contributed by atoms with van der Waals surface area (Å²) in [6.45, 7) is 4.30. The van der Waals surface area contributed by atoms with Gasteiger partial charge < -0.3 is 9.84 Å². The molecule has 0 aromatic heterocycles. The van der Waals surface area contributed by atoms with Crippen LogP contribution in [0.3, 0.4) is 0 Å². The van der Waals surface area contributed by atoms with Gasteiger partial charge in [0, 0.05) is 17.6 Å². The summed E-state index contributed by atoms with van der Waals surface area (Å²) in [7, 11) is -3.56. The molecule has 7 heteroatoms. The first kappa shape index (κ1) is 15.9. The van der Waals surface area contributed by atoms with Crippen LogP contribution in [0.2, 0.25) is 0 Å². The number of rotatable bonds is 3. The van der Waals surface area contributed by atoms with E-state index in [1.165, 1.54) is 10.4 Å². The molecule has 2 atom stereocenters. The molecule has 0 radical (unpaired) electrons. The fourth-order valence-electron chi connectivity index (χ4n) is 2.32. The molecular formula is C13H18BrNO4S. The Bertz CT molecular complexity index is 580. The molecule has 0 amide bonds. The van der Waals surface area contributed by atoms with Gasteiger partial charge in [0.05, 0.1) is 23.7 Å². The highest BCUT2D eigenvalue weighted by Crippen LogP contribution is 2.28. The normalized spacial score (nSPS) is 24.8. The fourth-order valence-corrected chi connectivity index (χ4v) is 4.99. The first-order valence-electron chi connectivity index (χ1n) is 6.39. The molecule has 0 spiro atoms. The van der Waals surface area contributed by atoms with Gasteiger partial charge in [-0.2, -0.15) is 4.31 Å². The molecule has 5 nitrogen and oxygen atoms in total. The maximum Gasteiger partial charge on any atom is 0.244 e. The van der Waals surface area contributed by atoms with Gasteiger partial charge in [0.2, 0.25) is 10.0 Å². The van der Waals surface area contributed by atoms with E-state index in [0.29, 0.717) is 23.1 Å². The minimum absolute atomic E-state index is 0.120. The molecule has 1 aliphatic heterocycles. The molecule has 1 aromatic rings. The third-order valence-corrected chi connectivity index (χ3v) is 5.99. The van der Waals surface area contributed by atoms with E-state index in [-0.39, 0.29) is 23.7 Å². The van der Waals surface area contributed by atoms with Crippen molar-refractivity contribution in [3.63, 3.8) is 0 Å². The average Bonchev–Trinajstić information content (AvgIpc) is 2.37. The molecule has 112 valence electrons. The zero-order valence-corrected chi connectivity index (χ0v) is 13.8. The molecule has 1 N–H and O–H groups in total. The lowest BCUT2D eigenvalue weighted by molar-refractivity contribution is -0.0440. The van der Waals surface area contributed by atoms with Crippen LogP contribution in [0.25, 0.3) is 0 Å². The van der Waals surface area contributed by atoms with Crippen molar-refractivity contribution >= 4 is 26.0 Å². The third kappa shape index (κ3) is 3.23. The summed E-state index contributed by atoms with van der Waals surface area (Å²) < 4.78 is 32.8. The molecule has 1 aromatic carbocycles. The summed E-state index contributed by atoms with van der Waals surface area (Å²) in [5.74, 6) is 0. The molecule has 1 fully saturated rings. The topological polar surface area (TPSA) is 66.8 Å². The number of sulfonamides is 1. The second kappa shape index (κ2) is 6.11. The third-order valence-electron chi connectivity index (χ3n) is 3.18. The van der Waals surface area contributed by atoms with E-state index in [9.17, 15) is 8.42 Å². The van der Waals surface area contributed by atoms with Crippen LogP contribution in [0.1, 0.15) is 19.4 Å². The summed E-state index contributed by atoms with van der Waals surface area (Å²) in [5.41, 5.74) is 0.666. The Kier molecular flexibility index (Phi) is 4.86. The average molecular weight is 364 g/mol. The Balaban J connectivity index is 2.35. The van der Waals surface area contributed by atoms with Crippen LogP contribution in [0.5, 0.6) is 0 Å². The molecule has 0 aliphatic carbocycles. The van der Waals surface area contributed by atoms with E-state index in [1.54, 1.807) is 12.1 Å². The first-order valence-corrected chi connectivity index (χ1v) is 8.62. The molecular weight excluding hydrogens is 346 g/mol. The minimum atomic E-state index is -3.56. The van der Waals surface area contributed by atoms with Crippen LogP contribution in [0, 0.1) is 0 Å². The number of aliphatic hydroxyl groups excluding tert-OH is 1. The summed E-state index contributed by atoms with van der Waals surface area (Å²) in [6.07, 6.45) is -0.243. The van der Waals surface area contributed by atoms with Gasteiger partial charge >= 0.3 is 0 Å². The largest absolute Gasteiger partial charge is 0.392 e. The second-order valence-electron chi connectivity index (χ2n) is 5.00. The number of aliphatic hydroxyl groups is 1. The van der Waals surface area contributed by atoms with Crippen LogP contribution in [0.4, 0.5) is 0 Å². The van der Waals surface area contributed by atoms with Crippen molar-refractivity contribution in [1.29, 1.82) is 0 Å². The maximum absolute atomic E-state index is 12.7. The highest BCUT2D eigenvalue weighted by Gasteiger charge is 2.33. The lowest BCUT2D eigenvalue weighted by Crippen LogP contribution is -2.48. The van der Waals surface area contributed by atoms with Crippen molar-refractivity contribution in [2.45, 2.75) is 37.6 Å². The maximum atomic E-state index is 12.7. The molecule has 1 heterocycles. The van der Waals surface area contributed by atoms with Gasteiger partial charge in [0.1, 0.15) is 0 Å². The van der Waals surface area contributed by atoms with E-state index >= 15 is 0 Å². The molecule has 1 aliphatic rings. The number of ether oxygens (including phenoxy) is 1. The van der Waals surface area contributed by atoms with Crippen molar-refractivity contribution < 1.29 is 18.3 Å². The van der Waals surface area contributed by atoms with Crippen molar-refractivity contribution in [2.75, 3.05) is 13.1 Å². The van der Waals surface area contributed by atoms with Gasteiger partial charge in [-0.3, -0.25) is 0 Å². The van der Waals surface area contributed by atoms with Gasteiger partial charge in [-0.05, 0) is 47.5 Å². The van der Waals surface area contributed by atoms with Crippen LogP contribution in [-0.4, -0.2) is 43.1 Å². The van der Waals surface area contributed by atoms with Gasteiger partial charge in [-0.15, -0.1) is 0 Å². The number of morpholine rings is 1. The monoisotopic (exact) mass is 363 g/mol. The quantitative estimate of drug-likeness (QED) is 0.887. The smallest absolute Gasteiger partial charge is 0.244 e. The molecule has 0 bridgehead atoms. The zero-order valence-electron chi connectivity index (χ0n) is 11.4. The van der Waals surface area contributed by atoms with Crippen molar-refractivity contribution in [2.24, 2.45) is 0 Å². The van der Waals surface area contributed by atoms with Crippen molar-refractivity contribution in [3.8, 4) is 0 Å². The summed E-state index contributed by atoms with van der Waals surface area (Å²) >= 11 is 3.27. The van der Waals surface area contributed by atoms with E-state index in [1.807, 2.05) is 13.8 Å². The predicted octanol–water partition coefficient (Wildman–Crippen LogP) is 1.74.